The van der Waals surface area contributed by atoms with Crippen LogP contribution in [0.5, 0.6) is 0 Å². The molecule has 5 nitrogen and oxygen atoms in total. The van der Waals surface area contributed by atoms with Crippen molar-refractivity contribution < 1.29 is 14.3 Å². The first-order chi connectivity index (χ1) is 11.1. The summed E-state index contributed by atoms with van der Waals surface area (Å²) in [6, 6.07) is 11.2. The molecule has 0 aliphatic carbocycles. The Morgan fingerprint density at radius 3 is 2.70 bits per heavy atom. The van der Waals surface area contributed by atoms with Gasteiger partial charge in [0.2, 0.25) is 0 Å². The minimum atomic E-state index is -0.379. The van der Waals surface area contributed by atoms with Crippen molar-refractivity contribution in [2.24, 2.45) is 5.92 Å². The molecule has 1 unspecified atom stereocenters. The number of rotatable bonds is 8. The number of ether oxygens (including phenoxy) is 1. The van der Waals surface area contributed by atoms with E-state index >= 15 is 0 Å². The largest absolute Gasteiger partial charge is 0.457 e. The molecule has 23 heavy (non-hydrogen) atoms. The molecule has 1 aromatic carbocycles. The van der Waals surface area contributed by atoms with Gasteiger partial charge in [0.25, 0.3) is 0 Å². The zero-order valence-corrected chi connectivity index (χ0v) is 13.0. The lowest BCUT2D eigenvalue weighted by molar-refractivity contribution is -0.113. The second-order valence-corrected chi connectivity index (χ2v) is 5.56. The van der Waals surface area contributed by atoms with Gasteiger partial charge < -0.3 is 15.1 Å². The Hall–Kier alpha value is -2.69. The summed E-state index contributed by atoms with van der Waals surface area (Å²) in [4.78, 5) is 26.5. The number of nitrogens with one attached hydrogen (secondary N) is 2. The summed E-state index contributed by atoms with van der Waals surface area (Å²) in [7, 11) is 0. The van der Waals surface area contributed by atoms with E-state index in [1.165, 1.54) is 0 Å². The molecule has 120 valence electrons. The molecule has 0 radical (unpaired) electrons. The van der Waals surface area contributed by atoms with Crippen LogP contribution in [-0.4, -0.2) is 23.0 Å². The molecule has 0 spiro atoms. The highest BCUT2D eigenvalue weighted by Crippen LogP contribution is 2.16. The summed E-state index contributed by atoms with van der Waals surface area (Å²) in [5.41, 5.74) is 2.19. The molecule has 0 aliphatic heterocycles. The third-order valence-electron chi connectivity index (χ3n) is 3.53. The predicted octanol–water partition coefficient (Wildman–Crippen LogP) is 3.16. The SMILES string of the molecule is CC(CC(=O)C=N)Cc1[nH]ccc1C(=O)OCc1ccccc1. The Morgan fingerprint density at radius 1 is 1.26 bits per heavy atom. The molecule has 1 atom stereocenters. The third-order valence-corrected chi connectivity index (χ3v) is 3.53. The number of Topliss-reactive ketones (excluding diaryl/α,β-unsaturated/α-hetero) is 1. The molecule has 0 amide bonds. The van der Waals surface area contributed by atoms with Gasteiger partial charge in [-0.25, -0.2) is 4.79 Å². The summed E-state index contributed by atoms with van der Waals surface area (Å²) in [6.45, 7) is 2.15. The van der Waals surface area contributed by atoms with Crippen LogP contribution in [0.2, 0.25) is 0 Å². The van der Waals surface area contributed by atoms with E-state index in [0.717, 1.165) is 17.5 Å². The maximum absolute atomic E-state index is 12.2. The maximum atomic E-state index is 12.2. The van der Waals surface area contributed by atoms with Crippen molar-refractivity contribution >= 4 is 18.0 Å². The van der Waals surface area contributed by atoms with Crippen LogP contribution in [0.3, 0.4) is 0 Å². The summed E-state index contributed by atoms with van der Waals surface area (Å²) >= 11 is 0. The molecule has 5 heteroatoms. The van der Waals surface area contributed by atoms with E-state index in [2.05, 4.69) is 4.98 Å². The van der Waals surface area contributed by atoms with Crippen molar-refractivity contribution in [3.05, 3.63) is 59.4 Å². The zero-order chi connectivity index (χ0) is 16.7. The van der Waals surface area contributed by atoms with Gasteiger partial charge in [-0.2, -0.15) is 0 Å². The number of carbonyl (C=O) groups is 2. The topological polar surface area (TPSA) is 83.0 Å². The molecule has 1 aromatic heterocycles. The van der Waals surface area contributed by atoms with Crippen LogP contribution in [0.15, 0.2) is 42.6 Å². The number of carbonyl (C=O) groups excluding carboxylic acids is 2. The van der Waals surface area contributed by atoms with E-state index in [9.17, 15) is 9.59 Å². The lowest BCUT2D eigenvalue weighted by Crippen LogP contribution is -2.12. The number of H-pyrrole nitrogens is 1. The quantitative estimate of drug-likeness (QED) is 0.580. The van der Waals surface area contributed by atoms with Crippen molar-refractivity contribution in [3.63, 3.8) is 0 Å². The minimum Gasteiger partial charge on any atom is -0.457 e. The highest BCUT2D eigenvalue weighted by atomic mass is 16.5. The van der Waals surface area contributed by atoms with Crippen molar-refractivity contribution in [2.45, 2.75) is 26.4 Å². The van der Waals surface area contributed by atoms with E-state index in [4.69, 9.17) is 10.1 Å². The van der Waals surface area contributed by atoms with E-state index in [0.29, 0.717) is 18.4 Å². The van der Waals surface area contributed by atoms with E-state index in [1.54, 1.807) is 12.3 Å². The van der Waals surface area contributed by atoms with Gasteiger partial charge >= 0.3 is 5.97 Å². The van der Waals surface area contributed by atoms with Crippen molar-refractivity contribution in [2.75, 3.05) is 0 Å². The summed E-state index contributed by atoms with van der Waals surface area (Å²) in [5.74, 6) is -0.545. The van der Waals surface area contributed by atoms with Gasteiger partial charge in [-0.05, 0) is 24.0 Å². The van der Waals surface area contributed by atoms with Crippen LogP contribution < -0.4 is 0 Å². The molecule has 0 bridgehead atoms. The molecule has 0 aliphatic rings. The molecular formula is C18H20N2O3. The number of ketones is 1. The molecule has 1 heterocycles. The number of aromatic amines is 1. The van der Waals surface area contributed by atoms with Crippen LogP contribution in [0.1, 0.15) is 35.0 Å². The standard InChI is InChI=1S/C18H20N2O3/c1-13(9-15(21)11-19)10-17-16(7-8-20-17)18(22)23-12-14-5-3-2-4-6-14/h2-8,11,13,19-20H,9-10,12H2,1H3. The molecular weight excluding hydrogens is 292 g/mol. The highest BCUT2D eigenvalue weighted by molar-refractivity contribution is 6.26. The van der Waals surface area contributed by atoms with E-state index in [1.807, 2.05) is 37.3 Å². The Balaban J connectivity index is 1.95. The molecule has 0 fully saturated rings. The molecule has 0 saturated carbocycles. The Morgan fingerprint density at radius 2 is 2.00 bits per heavy atom. The van der Waals surface area contributed by atoms with Gasteiger partial charge in [0, 0.05) is 18.3 Å². The van der Waals surface area contributed by atoms with Crippen LogP contribution in [0.25, 0.3) is 0 Å². The van der Waals surface area contributed by atoms with E-state index < -0.39 is 0 Å². The molecule has 0 saturated heterocycles. The Bertz CT molecular complexity index is 677. The third kappa shape index (κ3) is 4.92. The number of benzene rings is 1. The number of hydrogen-bond donors (Lipinski definition) is 2. The fourth-order valence-corrected chi connectivity index (χ4v) is 2.39. The lowest BCUT2D eigenvalue weighted by atomic mass is 9.98. The van der Waals surface area contributed by atoms with Gasteiger partial charge in [0.05, 0.1) is 11.8 Å². The maximum Gasteiger partial charge on any atom is 0.340 e. The summed E-state index contributed by atoms with van der Waals surface area (Å²) in [5, 5.41) is 6.94. The van der Waals surface area contributed by atoms with Crippen LogP contribution in [0.4, 0.5) is 0 Å². The smallest absolute Gasteiger partial charge is 0.340 e. The second kappa shape index (κ2) is 8.08. The fraction of sp³-hybridized carbons (Fsp3) is 0.278. The first-order valence-electron chi connectivity index (χ1n) is 7.50. The summed E-state index contributed by atoms with van der Waals surface area (Å²) < 4.78 is 5.33. The first-order valence-corrected chi connectivity index (χ1v) is 7.50. The monoisotopic (exact) mass is 312 g/mol. The predicted molar refractivity (Wildman–Crippen MR) is 87.6 cm³/mol. The summed E-state index contributed by atoms with van der Waals surface area (Å²) in [6.07, 6.45) is 3.38. The molecule has 2 rings (SSSR count). The zero-order valence-electron chi connectivity index (χ0n) is 13.0. The number of aromatic nitrogens is 1. The van der Waals surface area contributed by atoms with Crippen molar-refractivity contribution in [1.82, 2.24) is 4.98 Å². The van der Waals surface area contributed by atoms with Gasteiger partial charge in [-0.3, -0.25) is 4.79 Å². The van der Waals surface area contributed by atoms with Gasteiger partial charge in [-0.15, -0.1) is 0 Å². The van der Waals surface area contributed by atoms with Crippen LogP contribution in [-0.2, 0) is 22.6 Å². The average Bonchev–Trinajstić information content (AvgIpc) is 3.01. The van der Waals surface area contributed by atoms with Crippen molar-refractivity contribution in [1.29, 1.82) is 5.41 Å². The highest BCUT2D eigenvalue weighted by Gasteiger charge is 2.17. The number of esters is 1. The first kappa shape index (κ1) is 16.7. The van der Waals surface area contributed by atoms with Gasteiger partial charge in [0.1, 0.15) is 6.61 Å². The molecule has 2 aromatic rings. The van der Waals surface area contributed by atoms with Crippen molar-refractivity contribution in [3.8, 4) is 0 Å². The molecule has 2 N–H and O–H groups in total. The normalized spacial score (nSPS) is 11.7. The lowest BCUT2D eigenvalue weighted by Gasteiger charge is -2.10. The van der Waals surface area contributed by atoms with Gasteiger partial charge in [-0.1, -0.05) is 37.3 Å². The minimum absolute atomic E-state index is 0.0448. The fourth-order valence-electron chi connectivity index (χ4n) is 2.39. The number of hydrogen-bond acceptors (Lipinski definition) is 4. The van der Waals surface area contributed by atoms with Gasteiger partial charge in [0.15, 0.2) is 5.78 Å². The van der Waals surface area contributed by atoms with Crippen LogP contribution in [0, 0.1) is 11.3 Å². The van der Waals surface area contributed by atoms with E-state index in [-0.39, 0.29) is 24.3 Å². The Labute approximate surface area is 135 Å². The second-order valence-electron chi connectivity index (χ2n) is 5.56. The average molecular weight is 312 g/mol. The Kier molecular flexibility index (Phi) is 5.86. The van der Waals surface area contributed by atoms with Crippen LogP contribution >= 0.6 is 0 Å².